The van der Waals surface area contributed by atoms with E-state index < -0.39 is 0 Å². The largest absolute Gasteiger partial charge is 0.256 e. The number of aromatic nitrogens is 1. The van der Waals surface area contributed by atoms with Crippen LogP contribution in [0.15, 0.2) is 35.2 Å². The Labute approximate surface area is 75.7 Å². The predicted molar refractivity (Wildman–Crippen MR) is 52.3 cm³/mol. The molecule has 0 bridgehead atoms. The average molecular weight is 175 g/mol. The Kier molecular flexibility index (Phi) is 1.92. The van der Waals surface area contributed by atoms with Crippen LogP contribution in [0, 0.1) is 6.92 Å². The number of pyridine rings is 1. The molecular formula is C10H9NS. The quantitative estimate of drug-likeness (QED) is 0.649. The lowest BCUT2D eigenvalue weighted by Gasteiger charge is -1.96. The van der Waals surface area contributed by atoms with Crippen molar-refractivity contribution in [3.05, 3.63) is 40.7 Å². The summed E-state index contributed by atoms with van der Waals surface area (Å²) in [5.41, 5.74) is 3.62. The predicted octanol–water partition coefficient (Wildman–Crippen LogP) is 3.12. The maximum absolute atomic E-state index is 4.29. The molecule has 2 rings (SSSR count). The van der Waals surface area contributed by atoms with Gasteiger partial charge in [0, 0.05) is 17.1 Å². The lowest BCUT2D eigenvalue weighted by Crippen LogP contribution is -1.80. The molecule has 0 atom stereocenters. The number of aryl methyl sites for hydroxylation is 1. The van der Waals surface area contributed by atoms with Gasteiger partial charge in [0.1, 0.15) is 0 Å². The zero-order chi connectivity index (χ0) is 8.39. The van der Waals surface area contributed by atoms with E-state index in [4.69, 9.17) is 0 Å². The average Bonchev–Trinajstić information content (AvgIpc) is 2.53. The first-order valence-electron chi connectivity index (χ1n) is 3.82. The molecule has 0 radical (unpaired) electrons. The molecule has 0 aliphatic carbocycles. The van der Waals surface area contributed by atoms with E-state index in [1.807, 2.05) is 24.4 Å². The number of nitrogens with zero attached hydrogens (tertiary/aromatic N) is 1. The SMILES string of the molecule is Cc1cscc1-c1ccccn1. The summed E-state index contributed by atoms with van der Waals surface area (Å²) in [6, 6.07) is 5.99. The van der Waals surface area contributed by atoms with Gasteiger partial charge in [-0.25, -0.2) is 0 Å². The van der Waals surface area contributed by atoms with Crippen LogP contribution in [-0.4, -0.2) is 4.98 Å². The molecular weight excluding hydrogens is 166 g/mol. The van der Waals surface area contributed by atoms with Crippen LogP contribution >= 0.6 is 11.3 Å². The van der Waals surface area contributed by atoms with Crippen molar-refractivity contribution in [3.8, 4) is 11.3 Å². The maximum Gasteiger partial charge on any atom is 0.0712 e. The second-order valence-corrected chi connectivity index (χ2v) is 3.43. The molecule has 0 unspecified atom stereocenters. The van der Waals surface area contributed by atoms with Crippen molar-refractivity contribution >= 4 is 11.3 Å². The molecule has 12 heavy (non-hydrogen) atoms. The summed E-state index contributed by atoms with van der Waals surface area (Å²) in [5, 5.41) is 4.28. The van der Waals surface area contributed by atoms with Gasteiger partial charge in [0.15, 0.2) is 0 Å². The lowest BCUT2D eigenvalue weighted by atomic mass is 10.1. The fourth-order valence-electron chi connectivity index (χ4n) is 1.15. The van der Waals surface area contributed by atoms with Gasteiger partial charge in [-0.1, -0.05) is 6.07 Å². The number of hydrogen-bond acceptors (Lipinski definition) is 2. The van der Waals surface area contributed by atoms with E-state index in [0.717, 1.165) is 5.69 Å². The van der Waals surface area contributed by atoms with Crippen LogP contribution in [0.1, 0.15) is 5.56 Å². The lowest BCUT2D eigenvalue weighted by molar-refractivity contribution is 1.32. The molecule has 0 amide bonds. The van der Waals surface area contributed by atoms with Gasteiger partial charge in [0.2, 0.25) is 0 Å². The number of thiophene rings is 1. The summed E-state index contributed by atoms with van der Waals surface area (Å²) < 4.78 is 0. The molecule has 2 aromatic rings. The van der Waals surface area contributed by atoms with Gasteiger partial charge in [-0.3, -0.25) is 4.98 Å². The molecule has 1 nitrogen and oxygen atoms in total. The van der Waals surface area contributed by atoms with E-state index in [-0.39, 0.29) is 0 Å². The van der Waals surface area contributed by atoms with Crippen LogP contribution in [-0.2, 0) is 0 Å². The van der Waals surface area contributed by atoms with Crippen molar-refractivity contribution in [2.75, 3.05) is 0 Å². The Hall–Kier alpha value is -1.15. The summed E-state index contributed by atoms with van der Waals surface area (Å²) in [6.45, 7) is 2.11. The minimum absolute atomic E-state index is 1.07. The molecule has 0 spiro atoms. The maximum atomic E-state index is 4.29. The third-order valence-corrected chi connectivity index (χ3v) is 2.66. The summed E-state index contributed by atoms with van der Waals surface area (Å²) in [7, 11) is 0. The second kappa shape index (κ2) is 3.07. The van der Waals surface area contributed by atoms with Crippen LogP contribution in [0.3, 0.4) is 0 Å². The van der Waals surface area contributed by atoms with Gasteiger partial charge in [0.25, 0.3) is 0 Å². The third-order valence-electron chi connectivity index (χ3n) is 1.80. The zero-order valence-corrected chi connectivity index (χ0v) is 7.64. The Bertz CT molecular complexity index is 364. The van der Waals surface area contributed by atoms with Crippen LogP contribution in [0.2, 0.25) is 0 Å². The smallest absolute Gasteiger partial charge is 0.0712 e. The normalized spacial score (nSPS) is 10.1. The molecule has 0 aromatic carbocycles. The third kappa shape index (κ3) is 1.25. The minimum Gasteiger partial charge on any atom is -0.256 e. The Morgan fingerprint density at radius 2 is 2.17 bits per heavy atom. The molecule has 2 heteroatoms. The number of hydrogen-bond donors (Lipinski definition) is 0. The molecule has 2 aromatic heterocycles. The highest BCUT2D eigenvalue weighted by atomic mass is 32.1. The van der Waals surface area contributed by atoms with Gasteiger partial charge >= 0.3 is 0 Å². The van der Waals surface area contributed by atoms with Crippen molar-refractivity contribution < 1.29 is 0 Å². The highest BCUT2D eigenvalue weighted by molar-refractivity contribution is 7.08. The fraction of sp³-hybridized carbons (Fsp3) is 0.100. The highest BCUT2D eigenvalue weighted by Crippen LogP contribution is 2.24. The van der Waals surface area contributed by atoms with Crippen molar-refractivity contribution in [1.29, 1.82) is 0 Å². The van der Waals surface area contributed by atoms with E-state index in [0.29, 0.717) is 0 Å². The van der Waals surface area contributed by atoms with Crippen LogP contribution < -0.4 is 0 Å². The fourth-order valence-corrected chi connectivity index (χ4v) is 1.99. The standard InChI is InChI=1S/C10H9NS/c1-8-6-12-7-9(8)10-4-2-3-5-11-10/h2-7H,1H3. The Morgan fingerprint density at radius 3 is 2.75 bits per heavy atom. The molecule has 60 valence electrons. The van der Waals surface area contributed by atoms with E-state index in [1.165, 1.54) is 11.1 Å². The van der Waals surface area contributed by atoms with Crippen molar-refractivity contribution in [3.63, 3.8) is 0 Å². The molecule has 0 N–H and O–H groups in total. The van der Waals surface area contributed by atoms with Crippen molar-refractivity contribution in [2.24, 2.45) is 0 Å². The summed E-state index contributed by atoms with van der Waals surface area (Å²) in [6.07, 6.45) is 1.83. The van der Waals surface area contributed by atoms with Gasteiger partial charge in [-0.2, -0.15) is 11.3 Å². The minimum atomic E-state index is 1.07. The van der Waals surface area contributed by atoms with Crippen LogP contribution in [0.4, 0.5) is 0 Å². The van der Waals surface area contributed by atoms with E-state index in [2.05, 4.69) is 22.7 Å². The molecule has 0 fully saturated rings. The molecule has 0 saturated carbocycles. The first kappa shape index (κ1) is 7.50. The molecule has 0 aliphatic rings. The van der Waals surface area contributed by atoms with Gasteiger partial charge in [-0.15, -0.1) is 0 Å². The Morgan fingerprint density at radius 1 is 1.25 bits per heavy atom. The topological polar surface area (TPSA) is 12.9 Å². The van der Waals surface area contributed by atoms with Crippen molar-refractivity contribution in [1.82, 2.24) is 4.98 Å². The monoisotopic (exact) mass is 175 g/mol. The molecule has 2 heterocycles. The van der Waals surface area contributed by atoms with Crippen molar-refractivity contribution in [2.45, 2.75) is 6.92 Å². The van der Waals surface area contributed by atoms with Crippen LogP contribution in [0.5, 0.6) is 0 Å². The zero-order valence-electron chi connectivity index (χ0n) is 6.82. The van der Waals surface area contributed by atoms with Gasteiger partial charge in [0.05, 0.1) is 5.69 Å². The first-order valence-corrected chi connectivity index (χ1v) is 4.76. The first-order chi connectivity index (χ1) is 5.88. The molecule has 0 aliphatic heterocycles. The van der Waals surface area contributed by atoms with Crippen LogP contribution in [0.25, 0.3) is 11.3 Å². The van der Waals surface area contributed by atoms with Gasteiger partial charge in [-0.05, 0) is 30.0 Å². The van der Waals surface area contributed by atoms with E-state index >= 15 is 0 Å². The second-order valence-electron chi connectivity index (χ2n) is 2.68. The summed E-state index contributed by atoms with van der Waals surface area (Å²) in [5.74, 6) is 0. The highest BCUT2D eigenvalue weighted by Gasteiger charge is 2.01. The van der Waals surface area contributed by atoms with E-state index in [1.54, 1.807) is 11.3 Å². The number of rotatable bonds is 1. The Balaban J connectivity index is 2.51. The van der Waals surface area contributed by atoms with E-state index in [9.17, 15) is 0 Å². The summed E-state index contributed by atoms with van der Waals surface area (Å²) in [4.78, 5) is 4.29. The van der Waals surface area contributed by atoms with Gasteiger partial charge < -0.3 is 0 Å². The molecule has 0 saturated heterocycles. The summed E-state index contributed by atoms with van der Waals surface area (Å²) >= 11 is 1.72.